The summed E-state index contributed by atoms with van der Waals surface area (Å²) in [5.41, 5.74) is 10.1. The highest BCUT2D eigenvalue weighted by Crippen LogP contribution is 2.30. The average Bonchev–Trinajstić information content (AvgIpc) is 3.40. The molecule has 6 nitrogen and oxygen atoms in total. The van der Waals surface area contributed by atoms with Gasteiger partial charge in [-0.05, 0) is 61.2 Å². The third kappa shape index (κ3) is 3.80. The maximum absolute atomic E-state index is 12.3. The topological polar surface area (TPSA) is 94.2 Å². The van der Waals surface area contributed by atoms with Crippen molar-refractivity contribution in [1.29, 1.82) is 5.26 Å². The Morgan fingerprint density at radius 3 is 2.82 bits per heavy atom. The fourth-order valence-corrected chi connectivity index (χ4v) is 4.11. The fraction of sp³-hybridized carbons (Fsp3) is 0.364. The summed E-state index contributed by atoms with van der Waals surface area (Å²) >= 11 is 0. The van der Waals surface area contributed by atoms with E-state index in [-0.39, 0.29) is 18.0 Å². The molecule has 2 saturated heterocycles. The quantitative estimate of drug-likeness (QED) is 0.713. The Kier molecular flexibility index (Phi) is 5.18. The maximum Gasteiger partial charge on any atom is 0.237 e. The summed E-state index contributed by atoms with van der Waals surface area (Å²) in [6.07, 6.45) is 2.85. The minimum atomic E-state index is -0.0543. The van der Waals surface area contributed by atoms with Crippen molar-refractivity contribution in [3.05, 3.63) is 48.0 Å². The molecule has 2 fully saturated rings. The van der Waals surface area contributed by atoms with Crippen molar-refractivity contribution in [2.45, 2.75) is 31.3 Å². The van der Waals surface area contributed by atoms with Crippen molar-refractivity contribution in [1.82, 2.24) is 10.6 Å². The van der Waals surface area contributed by atoms with Gasteiger partial charge in [-0.2, -0.15) is 5.26 Å². The van der Waals surface area contributed by atoms with Crippen LogP contribution in [0.25, 0.3) is 11.1 Å². The van der Waals surface area contributed by atoms with Crippen molar-refractivity contribution >= 4 is 17.3 Å². The number of carbonyl (C=O) groups excluding carboxylic acids is 1. The number of nitrogens with two attached hydrogens (primary N) is 1. The molecular formula is C22H25N5O. The molecule has 4 N–H and O–H groups in total. The summed E-state index contributed by atoms with van der Waals surface area (Å²) < 4.78 is 0. The molecule has 6 heteroatoms. The van der Waals surface area contributed by atoms with Crippen LogP contribution in [0.15, 0.2) is 42.5 Å². The van der Waals surface area contributed by atoms with E-state index in [9.17, 15) is 10.1 Å². The van der Waals surface area contributed by atoms with E-state index in [0.717, 1.165) is 55.7 Å². The Bertz CT molecular complexity index is 913. The monoisotopic (exact) mass is 375 g/mol. The molecule has 2 heterocycles. The third-order valence-electron chi connectivity index (χ3n) is 5.59. The van der Waals surface area contributed by atoms with Crippen LogP contribution < -0.4 is 21.3 Å². The minimum Gasteiger partial charge on any atom is -0.399 e. The number of hydrogen-bond donors (Lipinski definition) is 3. The summed E-state index contributed by atoms with van der Waals surface area (Å²) in [4.78, 5) is 14.5. The van der Waals surface area contributed by atoms with E-state index in [4.69, 9.17) is 5.73 Å². The Hall–Kier alpha value is -3.04. The first-order valence-electron chi connectivity index (χ1n) is 9.83. The zero-order valence-electron chi connectivity index (χ0n) is 15.8. The molecule has 4 rings (SSSR count). The van der Waals surface area contributed by atoms with Gasteiger partial charge in [0.05, 0.1) is 17.3 Å². The van der Waals surface area contributed by atoms with Crippen molar-refractivity contribution in [2.24, 2.45) is 0 Å². The maximum atomic E-state index is 12.3. The highest BCUT2D eigenvalue weighted by atomic mass is 16.2. The highest BCUT2D eigenvalue weighted by molar-refractivity contribution is 5.82. The largest absolute Gasteiger partial charge is 0.399 e. The first kappa shape index (κ1) is 18.3. The number of nitrogens with one attached hydrogen (secondary N) is 2. The van der Waals surface area contributed by atoms with Gasteiger partial charge in [-0.3, -0.25) is 4.79 Å². The molecule has 2 aromatic rings. The van der Waals surface area contributed by atoms with Gasteiger partial charge in [-0.1, -0.05) is 18.2 Å². The van der Waals surface area contributed by atoms with Crippen LogP contribution in [0, 0.1) is 11.3 Å². The number of amides is 1. The van der Waals surface area contributed by atoms with Gasteiger partial charge in [0.25, 0.3) is 0 Å². The van der Waals surface area contributed by atoms with Gasteiger partial charge in [0.15, 0.2) is 0 Å². The van der Waals surface area contributed by atoms with Crippen LogP contribution in [-0.4, -0.2) is 37.6 Å². The number of carbonyl (C=O) groups is 1. The lowest BCUT2D eigenvalue weighted by molar-refractivity contribution is -0.123. The molecule has 0 spiro atoms. The lowest BCUT2D eigenvalue weighted by Crippen LogP contribution is -2.46. The van der Waals surface area contributed by atoms with E-state index in [2.05, 4.69) is 21.6 Å². The smallest absolute Gasteiger partial charge is 0.237 e. The van der Waals surface area contributed by atoms with E-state index >= 15 is 0 Å². The summed E-state index contributed by atoms with van der Waals surface area (Å²) in [7, 11) is 0. The second-order valence-electron chi connectivity index (χ2n) is 7.56. The van der Waals surface area contributed by atoms with E-state index < -0.39 is 0 Å². The third-order valence-corrected chi connectivity index (χ3v) is 5.59. The number of nitrogens with zero attached hydrogens (tertiary/aromatic N) is 2. The van der Waals surface area contributed by atoms with Crippen LogP contribution >= 0.6 is 0 Å². The number of rotatable bonds is 4. The molecule has 1 amide bonds. The molecule has 28 heavy (non-hydrogen) atoms. The summed E-state index contributed by atoms with van der Waals surface area (Å²) in [6, 6.07) is 16.0. The molecule has 0 radical (unpaired) electrons. The molecule has 0 unspecified atom stereocenters. The van der Waals surface area contributed by atoms with Gasteiger partial charge in [-0.15, -0.1) is 0 Å². The Morgan fingerprint density at radius 1 is 1.21 bits per heavy atom. The number of nitrogen functional groups attached to an aromatic ring is 1. The number of anilines is 2. The summed E-state index contributed by atoms with van der Waals surface area (Å²) in [6.45, 7) is 2.47. The first-order valence-corrected chi connectivity index (χ1v) is 9.83. The SMILES string of the molecule is N#Cc1cc(-c2cccc(N)c2)ccc1N1CC[C@H](NC(=O)[C@@H]2CCCN2)C1. The van der Waals surface area contributed by atoms with Crippen molar-refractivity contribution < 1.29 is 4.79 Å². The lowest BCUT2D eigenvalue weighted by atomic mass is 10.0. The second-order valence-corrected chi connectivity index (χ2v) is 7.56. The van der Waals surface area contributed by atoms with Crippen LogP contribution in [-0.2, 0) is 4.79 Å². The van der Waals surface area contributed by atoms with E-state index in [1.807, 2.05) is 42.5 Å². The predicted octanol–water partition coefficient (Wildman–Crippen LogP) is 2.25. The van der Waals surface area contributed by atoms with Crippen LogP contribution in [0.1, 0.15) is 24.8 Å². The molecule has 0 aromatic heterocycles. The van der Waals surface area contributed by atoms with Gasteiger partial charge in [-0.25, -0.2) is 0 Å². The summed E-state index contributed by atoms with van der Waals surface area (Å²) in [5.74, 6) is 0.0990. The van der Waals surface area contributed by atoms with Crippen LogP contribution in [0.4, 0.5) is 11.4 Å². The summed E-state index contributed by atoms with van der Waals surface area (Å²) in [5, 5.41) is 16.1. The van der Waals surface area contributed by atoms with Crippen LogP contribution in [0.5, 0.6) is 0 Å². The molecule has 0 bridgehead atoms. The Labute approximate surface area is 165 Å². The van der Waals surface area contributed by atoms with Crippen LogP contribution in [0.3, 0.4) is 0 Å². The van der Waals surface area contributed by atoms with Crippen LogP contribution in [0.2, 0.25) is 0 Å². The average molecular weight is 375 g/mol. The molecule has 0 aliphatic carbocycles. The van der Waals surface area contributed by atoms with Crippen molar-refractivity contribution in [3.8, 4) is 17.2 Å². The highest BCUT2D eigenvalue weighted by Gasteiger charge is 2.29. The van der Waals surface area contributed by atoms with E-state index in [1.165, 1.54) is 0 Å². The number of nitriles is 1. The zero-order valence-corrected chi connectivity index (χ0v) is 15.8. The van der Waals surface area contributed by atoms with E-state index in [1.54, 1.807) is 0 Å². The number of hydrogen-bond acceptors (Lipinski definition) is 5. The normalized spacial score (nSPS) is 21.5. The molecular weight excluding hydrogens is 350 g/mol. The van der Waals surface area contributed by atoms with Crippen molar-refractivity contribution in [2.75, 3.05) is 30.3 Å². The Morgan fingerprint density at radius 2 is 2.07 bits per heavy atom. The van der Waals surface area contributed by atoms with Crippen molar-refractivity contribution in [3.63, 3.8) is 0 Å². The predicted molar refractivity (Wildman–Crippen MR) is 111 cm³/mol. The Balaban J connectivity index is 1.47. The molecule has 144 valence electrons. The van der Waals surface area contributed by atoms with Gasteiger partial charge in [0, 0.05) is 24.8 Å². The zero-order chi connectivity index (χ0) is 19.5. The van der Waals surface area contributed by atoms with E-state index in [0.29, 0.717) is 11.3 Å². The molecule has 2 aliphatic rings. The van der Waals surface area contributed by atoms with Gasteiger partial charge in [0.2, 0.25) is 5.91 Å². The van der Waals surface area contributed by atoms with Gasteiger partial charge in [0.1, 0.15) is 6.07 Å². The standard InChI is InChI=1S/C22H25N5O/c23-13-17-11-16(15-3-1-4-18(24)12-15)6-7-21(17)27-10-8-19(14-27)26-22(28)20-5-2-9-25-20/h1,3-4,6-7,11-12,19-20,25H,2,5,8-10,14,24H2,(H,26,28)/t19-,20-/m0/s1. The molecule has 2 aromatic carbocycles. The minimum absolute atomic E-state index is 0.0543. The first-order chi connectivity index (χ1) is 13.6. The molecule has 2 aliphatic heterocycles. The lowest BCUT2D eigenvalue weighted by Gasteiger charge is -2.21. The fourth-order valence-electron chi connectivity index (χ4n) is 4.11. The molecule has 2 atom stereocenters. The second kappa shape index (κ2) is 7.91. The number of benzene rings is 2. The van der Waals surface area contributed by atoms with Gasteiger partial charge >= 0.3 is 0 Å². The molecule has 0 saturated carbocycles. The van der Waals surface area contributed by atoms with Gasteiger partial charge < -0.3 is 21.3 Å².